The Hall–Kier alpha value is -0.613. The first-order chi connectivity index (χ1) is 9.92. The number of rotatable bonds is 5. The van der Waals surface area contributed by atoms with Crippen LogP contribution in [0.3, 0.4) is 0 Å². The molecule has 2 aliphatic rings. The molecular weight excluding hydrogens is 300 g/mol. The summed E-state index contributed by atoms with van der Waals surface area (Å²) in [6.45, 7) is 8.79. The molecule has 0 aromatic heterocycles. The van der Waals surface area contributed by atoms with Crippen LogP contribution in [0.2, 0.25) is 25.7 Å². The van der Waals surface area contributed by atoms with Gasteiger partial charge in [0.2, 0.25) is 0 Å². The number of halogens is 1. The summed E-state index contributed by atoms with van der Waals surface area (Å²) in [6.07, 6.45) is 7.31. The van der Waals surface area contributed by atoms with Crippen molar-refractivity contribution in [2.24, 2.45) is 15.9 Å². The average Bonchev–Trinajstić information content (AvgIpc) is 2.40. The average molecular weight is 327 g/mol. The Balaban J connectivity index is 1.80. The highest BCUT2D eigenvalue weighted by molar-refractivity contribution is 6.76. The lowest BCUT2D eigenvalue weighted by Gasteiger charge is -2.21. The fraction of sp³-hybridized carbons (Fsp3) is 0.750. The van der Waals surface area contributed by atoms with Crippen LogP contribution < -0.4 is 0 Å². The maximum Gasteiger partial charge on any atom is 0.188 e. The number of nitrogens with zero attached hydrogens (tertiary/aromatic N) is 2. The smallest absolute Gasteiger partial charge is 0.188 e. The van der Waals surface area contributed by atoms with Crippen LogP contribution in [0.15, 0.2) is 21.8 Å². The zero-order valence-electron chi connectivity index (χ0n) is 13.5. The largest absolute Gasteiger partial charge is 0.481 e. The van der Waals surface area contributed by atoms with Crippen molar-refractivity contribution in [3.8, 4) is 0 Å². The van der Waals surface area contributed by atoms with Crippen molar-refractivity contribution in [3.05, 3.63) is 11.8 Å². The summed E-state index contributed by atoms with van der Waals surface area (Å²) in [5.74, 6) is 1.52. The molecule has 0 aliphatic carbocycles. The van der Waals surface area contributed by atoms with Gasteiger partial charge in [-0.1, -0.05) is 37.3 Å². The second kappa shape index (κ2) is 7.59. The van der Waals surface area contributed by atoms with Crippen LogP contribution in [0.5, 0.6) is 0 Å². The van der Waals surface area contributed by atoms with E-state index in [1.807, 2.05) is 0 Å². The molecule has 5 heteroatoms. The zero-order chi connectivity index (χ0) is 15.3. The van der Waals surface area contributed by atoms with E-state index in [4.69, 9.17) is 21.3 Å². The molecule has 0 radical (unpaired) electrons. The van der Waals surface area contributed by atoms with E-state index in [9.17, 15) is 0 Å². The Kier molecular flexibility index (Phi) is 6.05. The minimum atomic E-state index is -1.02. The topological polar surface area (TPSA) is 34.0 Å². The summed E-state index contributed by atoms with van der Waals surface area (Å²) in [5, 5.41) is 0.780. The number of hydrogen-bond donors (Lipinski definition) is 0. The molecule has 1 unspecified atom stereocenters. The van der Waals surface area contributed by atoms with E-state index in [1.165, 1.54) is 11.7 Å². The summed E-state index contributed by atoms with van der Waals surface area (Å²) >= 11 is 5.93. The van der Waals surface area contributed by atoms with Crippen LogP contribution in [0.1, 0.15) is 32.1 Å². The zero-order valence-corrected chi connectivity index (χ0v) is 15.2. The Morgan fingerprint density at radius 3 is 2.81 bits per heavy atom. The third-order valence-electron chi connectivity index (χ3n) is 3.90. The molecule has 1 atom stereocenters. The summed E-state index contributed by atoms with van der Waals surface area (Å²) in [5.41, 5.74) is 1.18. The third-order valence-corrected chi connectivity index (χ3v) is 5.92. The molecular formula is C16H27ClN2OSi. The highest BCUT2D eigenvalue weighted by atomic mass is 35.5. The van der Waals surface area contributed by atoms with Gasteiger partial charge < -0.3 is 4.74 Å². The number of ether oxygens (including phenoxy) is 1. The van der Waals surface area contributed by atoms with Crippen molar-refractivity contribution in [1.82, 2.24) is 0 Å². The number of aliphatic imine (C=N–C) groups is 2. The van der Waals surface area contributed by atoms with E-state index < -0.39 is 8.07 Å². The van der Waals surface area contributed by atoms with Crippen LogP contribution in [0, 0.1) is 5.92 Å². The lowest BCUT2D eigenvalue weighted by atomic mass is 9.95. The number of hydrogen-bond acceptors (Lipinski definition) is 3. The maximum atomic E-state index is 5.93. The molecule has 0 amide bonds. The first-order valence-electron chi connectivity index (χ1n) is 8.00. The first kappa shape index (κ1) is 16.8. The van der Waals surface area contributed by atoms with Gasteiger partial charge in [0, 0.05) is 33.2 Å². The van der Waals surface area contributed by atoms with Crippen molar-refractivity contribution in [1.29, 1.82) is 0 Å². The molecule has 0 spiro atoms. The predicted octanol–water partition coefficient (Wildman–Crippen LogP) is 4.85. The molecule has 2 heterocycles. The summed E-state index contributed by atoms with van der Waals surface area (Å²) in [7, 11) is -1.02. The highest BCUT2D eigenvalue weighted by Gasteiger charge is 2.18. The standard InChI is InChI=1S/C16H27ClN2OSi/c1-21(2,3)10-9-20-16-6-4-5-14(19-16)11-13-7-8-15(17)18-12-13/h5,13H,4,6-12H2,1-3H3. The van der Waals surface area contributed by atoms with Gasteiger partial charge in [-0.25, -0.2) is 4.99 Å². The molecule has 0 aromatic carbocycles. The van der Waals surface area contributed by atoms with Gasteiger partial charge in [-0.05, 0) is 31.2 Å². The quantitative estimate of drug-likeness (QED) is 0.664. The van der Waals surface area contributed by atoms with Crippen molar-refractivity contribution in [2.75, 3.05) is 13.2 Å². The van der Waals surface area contributed by atoms with E-state index in [0.717, 1.165) is 56.3 Å². The third kappa shape index (κ3) is 6.35. The van der Waals surface area contributed by atoms with Gasteiger partial charge in [-0.3, -0.25) is 4.99 Å². The minimum Gasteiger partial charge on any atom is -0.481 e. The van der Waals surface area contributed by atoms with Crippen LogP contribution in [-0.2, 0) is 4.74 Å². The fourth-order valence-electron chi connectivity index (χ4n) is 2.52. The van der Waals surface area contributed by atoms with Crippen LogP contribution in [-0.4, -0.2) is 32.3 Å². The molecule has 0 saturated carbocycles. The van der Waals surface area contributed by atoms with Gasteiger partial charge in [-0.2, -0.15) is 0 Å². The second-order valence-corrected chi connectivity index (χ2v) is 13.3. The monoisotopic (exact) mass is 326 g/mol. The Morgan fingerprint density at radius 1 is 1.33 bits per heavy atom. The van der Waals surface area contributed by atoms with Crippen molar-refractivity contribution in [2.45, 2.75) is 57.8 Å². The van der Waals surface area contributed by atoms with E-state index >= 15 is 0 Å². The minimum absolute atomic E-state index is 0.587. The molecule has 3 nitrogen and oxygen atoms in total. The Morgan fingerprint density at radius 2 is 2.14 bits per heavy atom. The Bertz CT molecular complexity index is 452. The summed E-state index contributed by atoms with van der Waals surface area (Å²) in [6, 6.07) is 1.20. The van der Waals surface area contributed by atoms with E-state index in [0.29, 0.717) is 5.92 Å². The van der Waals surface area contributed by atoms with E-state index in [-0.39, 0.29) is 0 Å². The molecule has 2 rings (SSSR count). The molecule has 118 valence electrons. The predicted molar refractivity (Wildman–Crippen MR) is 94.4 cm³/mol. The lowest BCUT2D eigenvalue weighted by Crippen LogP contribution is -2.23. The normalized spacial score (nSPS) is 23.2. The highest BCUT2D eigenvalue weighted by Crippen LogP contribution is 2.25. The van der Waals surface area contributed by atoms with Crippen LogP contribution in [0.4, 0.5) is 0 Å². The molecule has 0 N–H and O–H groups in total. The molecule has 0 aromatic rings. The maximum absolute atomic E-state index is 5.93. The molecule has 0 saturated heterocycles. The molecule has 0 bridgehead atoms. The van der Waals surface area contributed by atoms with Gasteiger partial charge in [0.1, 0.15) is 5.17 Å². The van der Waals surface area contributed by atoms with Gasteiger partial charge in [-0.15, -0.1) is 0 Å². The summed E-state index contributed by atoms with van der Waals surface area (Å²) in [4.78, 5) is 9.06. The van der Waals surface area contributed by atoms with Gasteiger partial charge in [0.05, 0.1) is 6.61 Å². The van der Waals surface area contributed by atoms with Gasteiger partial charge >= 0.3 is 0 Å². The van der Waals surface area contributed by atoms with Crippen molar-refractivity contribution in [3.63, 3.8) is 0 Å². The van der Waals surface area contributed by atoms with E-state index in [2.05, 4.69) is 30.7 Å². The van der Waals surface area contributed by atoms with Crippen molar-refractivity contribution < 1.29 is 4.74 Å². The van der Waals surface area contributed by atoms with Crippen molar-refractivity contribution >= 4 is 30.7 Å². The van der Waals surface area contributed by atoms with Gasteiger partial charge in [0.15, 0.2) is 5.90 Å². The van der Waals surface area contributed by atoms with Gasteiger partial charge in [0.25, 0.3) is 0 Å². The first-order valence-corrected chi connectivity index (χ1v) is 12.1. The fourth-order valence-corrected chi connectivity index (χ4v) is 3.41. The molecule has 2 aliphatic heterocycles. The number of allylic oxidation sites excluding steroid dienone is 2. The van der Waals surface area contributed by atoms with Crippen LogP contribution >= 0.6 is 11.6 Å². The lowest BCUT2D eigenvalue weighted by molar-refractivity contribution is 0.313. The van der Waals surface area contributed by atoms with Crippen LogP contribution in [0.25, 0.3) is 0 Å². The molecule has 0 fully saturated rings. The second-order valence-electron chi connectivity index (χ2n) is 7.22. The molecule has 21 heavy (non-hydrogen) atoms. The van der Waals surface area contributed by atoms with E-state index in [1.54, 1.807) is 0 Å². The SMILES string of the molecule is C[Si](C)(C)CCOC1=NC(CC2CCC(Cl)=NC2)=CCC1. The summed E-state index contributed by atoms with van der Waals surface area (Å²) < 4.78 is 5.89. The Labute approximate surface area is 134 Å².